The lowest BCUT2D eigenvalue weighted by atomic mass is 10.1. The number of aliphatic hydroxyl groups excluding tert-OH is 1. The monoisotopic (exact) mass is 195 g/mol. The fourth-order valence-corrected chi connectivity index (χ4v) is 1.18. The molecule has 0 aromatic heterocycles. The van der Waals surface area contributed by atoms with E-state index in [2.05, 4.69) is 0 Å². The molecule has 0 saturated heterocycles. The van der Waals surface area contributed by atoms with E-state index in [1.54, 1.807) is 0 Å². The van der Waals surface area contributed by atoms with Gasteiger partial charge in [0.2, 0.25) is 0 Å². The Morgan fingerprint density at radius 3 is 2.71 bits per heavy atom. The molecule has 0 bridgehead atoms. The molecule has 0 atom stereocenters. The van der Waals surface area contributed by atoms with E-state index in [-0.39, 0.29) is 18.7 Å². The molecule has 1 aromatic carbocycles. The fraction of sp³-hybridized carbons (Fsp3) is 0.222. The van der Waals surface area contributed by atoms with Crippen LogP contribution in [0.2, 0.25) is 0 Å². The van der Waals surface area contributed by atoms with Gasteiger partial charge < -0.3 is 5.11 Å². The summed E-state index contributed by atoms with van der Waals surface area (Å²) in [5, 5.41) is 19.2. The summed E-state index contributed by atoms with van der Waals surface area (Å²) in [6, 6.07) is 4.07. The first kappa shape index (κ1) is 10.3. The van der Waals surface area contributed by atoms with Crippen molar-refractivity contribution in [3.8, 4) is 0 Å². The molecule has 1 aromatic rings. The van der Waals surface area contributed by atoms with Crippen molar-refractivity contribution in [1.29, 1.82) is 0 Å². The van der Waals surface area contributed by atoms with Crippen molar-refractivity contribution in [2.75, 3.05) is 6.61 Å². The van der Waals surface area contributed by atoms with Crippen LogP contribution in [-0.2, 0) is 6.42 Å². The second-order valence-corrected chi connectivity index (χ2v) is 2.74. The third kappa shape index (κ3) is 2.14. The molecule has 0 heterocycles. The number of carbonyl (C=O) groups excluding carboxylic acids is 1. The number of carbonyl (C=O) groups is 1. The van der Waals surface area contributed by atoms with Crippen molar-refractivity contribution in [3.05, 3.63) is 39.4 Å². The maximum Gasteiger partial charge on any atom is 0.272 e. The van der Waals surface area contributed by atoms with Crippen molar-refractivity contribution in [2.24, 2.45) is 0 Å². The molecule has 0 radical (unpaired) electrons. The van der Waals surface area contributed by atoms with Gasteiger partial charge in [0.25, 0.3) is 5.69 Å². The molecule has 14 heavy (non-hydrogen) atoms. The summed E-state index contributed by atoms with van der Waals surface area (Å²) in [4.78, 5) is 20.4. The normalized spacial score (nSPS) is 9.79. The largest absolute Gasteiger partial charge is 0.396 e. The molecule has 0 aliphatic carbocycles. The highest BCUT2D eigenvalue weighted by Crippen LogP contribution is 2.19. The van der Waals surface area contributed by atoms with Gasteiger partial charge >= 0.3 is 0 Å². The van der Waals surface area contributed by atoms with E-state index in [0.29, 0.717) is 17.4 Å². The summed E-state index contributed by atoms with van der Waals surface area (Å²) in [7, 11) is 0. The van der Waals surface area contributed by atoms with Gasteiger partial charge in [0.1, 0.15) is 6.29 Å². The van der Waals surface area contributed by atoms with E-state index in [1.165, 1.54) is 18.2 Å². The second-order valence-electron chi connectivity index (χ2n) is 2.74. The average molecular weight is 195 g/mol. The smallest absolute Gasteiger partial charge is 0.272 e. The Hall–Kier alpha value is -1.75. The lowest BCUT2D eigenvalue weighted by Crippen LogP contribution is -1.99. The molecular formula is C9H9NO4. The minimum Gasteiger partial charge on any atom is -0.396 e. The zero-order chi connectivity index (χ0) is 10.6. The fourth-order valence-electron chi connectivity index (χ4n) is 1.18. The zero-order valence-electron chi connectivity index (χ0n) is 7.34. The summed E-state index contributed by atoms with van der Waals surface area (Å²) in [5.74, 6) is 0. The first-order valence-electron chi connectivity index (χ1n) is 4.02. The van der Waals surface area contributed by atoms with Gasteiger partial charge in [-0.3, -0.25) is 14.9 Å². The van der Waals surface area contributed by atoms with Gasteiger partial charge in [-0.05, 0) is 12.1 Å². The van der Waals surface area contributed by atoms with Crippen molar-refractivity contribution in [1.82, 2.24) is 0 Å². The average Bonchev–Trinajstić information content (AvgIpc) is 2.17. The Labute approximate surface area is 80.1 Å². The summed E-state index contributed by atoms with van der Waals surface area (Å²) >= 11 is 0. The van der Waals surface area contributed by atoms with Crippen LogP contribution in [0.25, 0.3) is 0 Å². The number of benzene rings is 1. The van der Waals surface area contributed by atoms with E-state index < -0.39 is 4.92 Å². The molecule has 0 fully saturated rings. The standard InChI is InChI=1S/C9H9NO4/c11-4-3-8-5-7(6-12)1-2-9(8)10(13)14/h1-2,5-6,11H,3-4H2. The molecule has 1 rings (SSSR count). The number of aldehydes is 1. The molecular weight excluding hydrogens is 186 g/mol. The van der Waals surface area contributed by atoms with Gasteiger partial charge in [-0.2, -0.15) is 0 Å². The van der Waals surface area contributed by atoms with Crippen LogP contribution in [0.1, 0.15) is 15.9 Å². The molecule has 74 valence electrons. The highest BCUT2D eigenvalue weighted by molar-refractivity contribution is 5.76. The molecule has 0 saturated carbocycles. The summed E-state index contributed by atoms with van der Waals surface area (Å²) in [6.07, 6.45) is 0.794. The predicted octanol–water partition coefficient (Wildman–Crippen LogP) is 0.942. The molecule has 0 unspecified atom stereocenters. The van der Waals surface area contributed by atoms with Gasteiger partial charge in [0.15, 0.2) is 0 Å². The van der Waals surface area contributed by atoms with Gasteiger partial charge in [-0.15, -0.1) is 0 Å². The predicted molar refractivity (Wildman–Crippen MR) is 49.3 cm³/mol. The van der Waals surface area contributed by atoms with Crippen molar-refractivity contribution >= 4 is 12.0 Å². The van der Waals surface area contributed by atoms with Crippen LogP contribution in [0.15, 0.2) is 18.2 Å². The Balaban J connectivity index is 3.16. The minimum atomic E-state index is -0.528. The maximum absolute atomic E-state index is 10.5. The van der Waals surface area contributed by atoms with Crippen molar-refractivity contribution in [2.45, 2.75) is 6.42 Å². The lowest BCUT2D eigenvalue weighted by Gasteiger charge is -2.01. The van der Waals surface area contributed by atoms with Crippen LogP contribution < -0.4 is 0 Å². The number of rotatable bonds is 4. The first-order chi connectivity index (χ1) is 6.69. The van der Waals surface area contributed by atoms with E-state index >= 15 is 0 Å². The molecule has 0 aliphatic rings. The van der Waals surface area contributed by atoms with Crippen LogP contribution in [0.4, 0.5) is 5.69 Å². The maximum atomic E-state index is 10.5. The Morgan fingerprint density at radius 1 is 1.50 bits per heavy atom. The van der Waals surface area contributed by atoms with Gasteiger partial charge in [0, 0.05) is 30.2 Å². The topological polar surface area (TPSA) is 80.4 Å². The van der Waals surface area contributed by atoms with E-state index in [0.717, 1.165) is 0 Å². The van der Waals surface area contributed by atoms with Crippen LogP contribution in [0.5, 0.6) is 0 Å². The SMILES string of the molecule is O=Cc1ccc([N+](=O)[O-])c(CCO)c1. The van der Waals surface area contributed by atoms with Crippen LogP contribution in [-0.4, -0.2) is 22.9 Å². The third-order valence-corrected chi connectivity index (χ3v) is 1.82. The minimum absolute atomic E-state index is 0.0651. The van der Waals surface area contributed by atoms with Crippen molar-refractivity contribution in [3.63, 3.8) is 0 Å². The number of nitrogens with zero attached hydrogens (tertiary/aromatic N) is 1. The van der Waals surface area contributed by atoms with Gasteiger partial charge in [-0.1, -0.05) is 0 Å². The number of nitro groups is 1. The van der Waals surface area contributed by atoms with E-state index in [9.17, 15) is 14.9 Å². The lowest BCUT2D eigenvalue weighted by molar-refractivity contribution is -0.385. The highest BCUT2D eigenvalue weighted by atomic mass is 16.6. The zero-order valence-corrected chi connectivity index (χ0v) is 7.34. The number of nitro benzene ring substituents is 1. The van der Waals surface area contributed by atoms with Crippen LogP contribution in [0, 0.1) is 10.1 Å². The highest BCUT2D eigenvalue weighted by Gasteiger charge is 2.12. The molecule has 0 amide bonds. The van der Waals surface area contributed by atoms with E-state index in [1.807, 2.05) is 0 Å². The molecule has 0 aliphatic heterocycles. The Morgan fingerprint density at radius 2 is 2.21 bits per heavy atom. The summed E-state index contributed by atoms with van der Waals surface area (Å²) in [6.45, 7) is -0.177. The molecule has 1 N–H and O–H groups in total. The number of hydrogen-bond donors (Lipinski definition) is 1. The third-order valence-electron chi connectivity index (χ3n) is 1.82. The van der Waals surface area contributed by atoms with Gasteiger partial charge in [0.05, 0.1) is 4.92 Å². The van der Waals surface area contributed by atoms with Gasteiger partial charge in [-0.25, -0.2) is 0 Å². The summed E-state index contributed by atoms with van der Waals surface area (Å²) in [5.41, 5.74) is 0.686. The van der Waals surface area contributed by atoms with Crippen LogP contribution in [0.3, 0.4) is 0 Å². The number of aliphatic hydroxyl groups is 1. The van der Waals surface area contributed by atoms with Crippen molar-refractivity contribution < 1.29 is 14.8 Å². The molecule has 5 nitrogen and oxygen atoms in total. The number of hydrogen-bond acceptors (Lipinski definition) is 4. The quantitative estimate of drug-likeness (QED) is 0.440. The Bertz CT molecular complexity index is 362. The van der Waals surface area contributed by atoms with Crippen LogP contribution >= 0.6 is 0 Å². The molecule has 0 spiro atoms. The van der Waals surface area contributed by atoms with E-state index in [4.69, 9.17) is 5.11 Å². The molecule has 5 heteroatoms. The Kier molecular flexibility index (Phi) is 3.30. The second kappa shape index (κ2) is 4.48. The first-order valence-corrected chi connectivity index (χ1v) is 4.02. The summed E-state index contributed by atoms with van der Waals surface area (Å²) < 4.78 is 0.